The molecule has 0 rings (SSSR count). The summed E-state index contributed by atoms with van der Waals surface area (Å²) in [4.78, 5) is 0. The maximum Gasteiger partial charge on any atom is 0.0598 e. The van der Waals surface area contributed by atoms with Gasteiger partial charge in [-0.05, 0) is 32.6 Å². The van der Waals surface area contributed by atoms with Crippen molar-refractivity contribution in [1.82, 2.24) is 0 Å². The highest BCUT2D eigenvalue weighted by molar-refractivity contribution is 4.92. The Labute approximate surface area is 82.2 Å². The first-order valence-corrected chi connectivity index (χ1v) is 4.81. The van der Waals surface area contributed by atoms with Crippen molar-refractivity contribution in [2.45, 2.75) is 39.7 Å². The monoisotopic (exact) mass is 185 g/mol. The summed E-state index contributed by atoms with van der Waals surface area (Å²) >= 11 is 0. The van der Waals surface area contributed by atoms with Gasteiger partial charge in [-0.1, -0.05) is 13.0 Å². The maximum absolute atomic E-state index is 5.64. The third kappa shape index (κ3) is 5.83. The molecule has 2 N–H and O–H groups in total. The van der Waals surface area contributed by atoms with Gasteiger partial charge in [0.1, 0.15) is 0 Å². The molecule has 2 heteroatoms. The summed E-state index contributed by atoms with van der Waals surface area (Å²) in [5, 5.41) is 0. The van der Waals surface area contributed by atoms with E-state index in [9.17, 15) is 0 Å². The predicted octanol–water partition coefficient (Wildman–Crippen LogP) is 2.34. The Bertz CT molecular complexity index is 160. The number of rotatable bonds is 5. The van der Waals surface area contributed by atoms with Crippen LogP contribution in [-0.2, 0) is 4.74 Å². The molecule has 0 saturated carbocycles. The van der Waals surface area contributed by atoms with Crippen LogP contribution in [0.2, 0.25) is 0 Å². The highest BCUT2D eigenvalue weighted by atomic mass is 16.5. The largest absolute Gasteiger partial charge is 0.376 e. The summed E-state index contributed by atoms with van der Waals surface area (Å²) in [5.74, 6) is 0. The van der Waals surface area contributed by atoms with Crippen molar-refractivity contribution < 1.29 is 4.74 Å². The number of hydrogen-bond donors (Lipinski definition) is 1. The molecule has 0 bridgehead atoms. The summed E-state index contributed by atoms with van der Waals surface area (Å²) in [6.07, 6.45) is 2.85. The van der Waals surface area contributed by atoms with E-state index in [1.54, 1.807) is 0 Å². The molecule has 0 saturated heterocycles. The summed E-state index contributed by atoms with van der Waals surface area (Å²) in [6, 6.07) is 0. The SMILES string of the molecule is C=CC(C)(CN)CCOC(C)(C)C. The van der Waals surface area contributed by atoms with Crippen LogP contribution in [0, 0.1) is 5.41 Å². The van der Waals surface area contributed by atoms with Gasteiger partial charge in [0.15, 0.2) is 0 Å². The Morgan fingerprint density at radius 2 is 1.85 bits per heavy atom. The van der Waals surface area contributed by atoms with E-state index in [0.29, 0.717) is 6.54 Å². The van der Waals surface area contributed by atoms with Crippen LogP contribution in [0.4, 0.5) is 0 Å². The van der Waals surface area contributed by atoms with Crippen LogP contribution in [0.15, 0.2) is 12.7 Å². The van der Waals surface area contributed by atoms with Gasteiger partial charge >= 0.3 is 0 Å². The third-order valence-corrected chi connectivity index (χ3v) is 2.17. The molecule has 0 aromatic rings. The molecule has 1 atom stereocenters. The molecular weight excluding hydrogens is 162 g/mol. The third-order valence-electron chi connectivity index (χ3n) is 2.17. The lowest BCUT2D eigenvalue weighted by atomic mass is 9.87. The van der Waals surface area contributed by atoms with Crippen LogP contribution in [0.25, 0.3) is 0 Å². The molecule has 13 heavy (non-hydrogen) atoms. The zero-order valence-corrected chi connectivity index (χ0v) is 9.39. The summed E-state index contributed by atoms with van der Waals surface area (Å²) in [7, 11) is 0. The average Bonchev–Trinajstić information content (AvgIpc) is 2.02. The molecule has 0 aliphatic heterocycles. The van der Waals surface area contributed by atoms with Crippen LogP contribution in [0.3, 0.4) is 0 Å². The highest BCUT2D eigenvalue weighted by Crippen LogP contribution is 2.21. The van der Waals surface area contributed by atoms with Gasteiger partial charge < -0.3 is 10.5 Å². The standard InChI is InChI=1S/C11H23NO/c1-6-11(5,9-12)7-8-13-10(2,3)4/h6H,1,7-9,12H2,2-5H3. The van der Waals surface area contributed by atoms with E-state index in [1.807, 2.05) is 6.08 Å². The second kappa shape index (κ2) is 4.77. The Balaban J connectivity index is 3.81. The van der Waals surface area contributed by atoms with E-state index in [-0.39, 0.29) is 11.0 Å². The lowest BCUT2D eigenvalue weighted by molar-refractivity contribution is -0.0125. The Kier molecular flexibility index (Phi) is 4.65. The molecule has 78 valence electrons. The lowest BCUT2D eigenvalue weighted by Gasteiger charge is -2.26. The van der Waals surface area contributed by atoms with E-state index in [0.717, 1.165) is 13.0 Å². The molecular formula is C11H23NO. The zero-order valence-electron chi connectivity index (χ0n) is 9.39. The average molecular weight is 185 g/mol. The molecule has 1 unspecified atom stereocenters. The van der Waals surface area contributed by atoms with Crippen molar-refractivity contribution in [1.29, 1.82) is 0 Å². The van der Waals surface area contributed by atoms with Crippen LogP contribution in [0.1, 0.15) is 34.1 Å². The molecule has 2 nitrogen and oxygen atoms in total. The van der Waals surface area contributed by atoms with Crippen LogP contribution < -0.4 is 5.73 Å². The Morgan fingerprint density at radius 3 is 2.15 bits per heavy atom. The molecule has 0 spiro atoms. The summed E-state index contributed by atoms with van der Waals surface area (Å²) in [6.45, 7) is 13.4. The minimum atomic E-state index is -0.0589. The minimum absolute atomic E-state index is 0.0191. The normalized spacial score (nSPS) is 16.7. The number of hydrogen-bond acceptors (Lipinski definition) is 2. The first-order valence-electron chi connectivity index (χ1n) is 4.81. The highest BCUT2D eigenvalue weighted by Gasteiger charge is 2.19. The smallest absolute Gasteiger partial charge is 0.0598 e. The van der Waals surface area contributed by atoms with E-state index < -0.39 is 0 Å². The fourth-order valence-corrected chi connectivity index (χ4v) is 0.878. The Morgan fingerprint density at radius 1 is 1.31 bits per heavy atom. The van der Waals surface area contributed by atoms with Crippen molar-refractivity contribution in [2.24, 2.45) is 11.1 Å². The van der Waals surface area contributed by atoms with Gasteiger partial charge in [-0.15, -0.1) is 6.58 Å². The topological polar surface area (TPSA) is 35.2 Å². The van der Waals surface area contributed by atoms with E-state index in [1.165, 1.54) is 0 Å². The fraction of sp³-hybridized carbons (Fsp3) is 0.818. The lowest BCUT2D eigenvalue weighted by Crippen LogP contribution is -2.28. The van der Waals surface area contributed by atoms with Crippen LogP contribution in [0.5, 0.6) is 0 Å². The second-order valence-electron chi connectivity index (χ2n) is 4.77. The minimum Gasteiger partial charge on any atom is -0.376 e. The van der Waals surface area contributed by atoms with Gasteiger partial charge in [-0.25, -0.2) is 0 Å². The van der Waals surface area contributed by atoms with E-state index >= 15 is 0 Å². The van der Waals surface area contributed by atoms with Crippen molar-refractivity contribution in [2.75, 3.05) is 13.2 Å². The molecule has 0 aromatic carbocycles. The number of nitrogens with two attached hydrogens (primary N) is 1. The summed E-state index contributed by atoms with van der Waals surface area (Å²) < 4.78 is 5.63. The van der Waals surface area contributed by atoms with E-state index in [4.69, 9.17) is 10.5 Å². The zero-order chi connectivity index (χ0) is 10.5. The maximum atomic E-state index is 5.64. The molecule has 0 fully saturated rings. The van der Waals surface area contributed by atoms with Crippen molar-refractivity contribution >= 4 is 0 Å². The molecule has 0 aliphatic rings. The first kappa shape index (κ1) is 12.7. The molecule has 0 amide bonds. The quantitative estimate of drug-likeness (QED) is 0.667. The second-order valence-corrected chi connectivity index (χ2v) is 4.77. The van der Waals surface area contributed by atoms with Crippen LogP contribution in [-0.4, -0.2) is 18.8 Å². The van der Waals surface area contributed by atoms with Crippen molar-refractivity contribution in [3.63, 3.8) is 0 Å². The van der Waals surface area contributed by atoms with Gasteiger partial charge in [-0.2, -0.15) is 0 Å². The molecule has 0 radical (unpaired) electrons. The molecule has 0 aliphatic carbocycles. The molecule has 0 heterocycles. The number of ether oxygens (including phenoxy) is 1. The van der Waals surface area contributed by atoms with Gasteiger partial charge in [0.25, 0.3) is 0 Å². The van der Waals surface area contributed by atoms with Gasteiger partial charge in [0.2, 0.25) is 0 Å². The van der Waals surface area contributed by atoms with Crippen molar-refractivity contribution in [3.8, 4) is 0 Å². The van der Waals surface area contributed by atoms with E-state index in [2.05, 4.69) is 34.3 Å². The van der Waals surface area contributed by atoms with Gasteiger partial charge in [-0.3, -0.25) is 0 Å². The van der Waals surface area contributed by atoms with Crippen LogP contribution >= 0.6 is 0 Å². The van der Waals surface area contributed by atoms with Gasteiger partial charge in [0, 0.05) is 13.2 Å². The van der Waals surface area contributed by atoms with Gasteiger partial charge in [0.05, 0.1) is 5.60 Å². The first-order chi connectivity index (χ1) is 5.83. The summed E-state index contributed by atoms with van der Waals surface area (Å²) in [5.41, 5.74) is 5.60. The Hall–Kier alpha value is -0.340. The predicted molar refractivity (Wildman–Crippen MR) is 57.7 cm³/mol. The molecule has 0 aromatic heterocycles. The fourth-order valence-electron chi connectivity index (χ4n) is 0.878. The van der Waals surface area contributed by atoms with Crippen molar-refractivity contribution in [3.05, 3.63) is 12.7 Å².